The summed E-state index contributed by atoms with van der Waals surface area (Å²) in [5.41, 5.74) is 0.568. The maximum absolute atomic E-state index is 13.1. The Morgan fingerprint density at radius 1 is 0.975 bits per heavy atom. The minimum atomic E-state index is -1.99. The van der Waals surface area contributed by atoms with Gasteiger partial charge in [0.15, 0.2) is 14.6 Å². The van der Waals surface area contributed by atoms with E-state index in [2.05, 4.69) is 33.9 Å². The van der Waals surface area contributed by atoms with Crippen LogP contribution >= 0.6 is 0 Å². The van der Waals surface area contributed by atoms with E-state index in [9.17, 15) is 9.59 Å². The molecule has 0 N–H and O–H groups in total. The topological polar surface area (TPSA) is 80.3 Å². The number of hydrogen-bond donors (Lipinski definition) is 0. The van der Waals surface area contributed by atoms with Crippen molar-refractivity contribution in [1.29, 1.82) is 0 Å². The highest BCUT2D eigenvalue weighted by molar-refractivity contribution is 6.74. The first-order valence-corrected chi connectivity index (χ1v) is 18.2. The Morgan fingerprint density at radius 3 is 2.35 bits per heavy atom. The summed E-state index contributed by atoms with van der Waals surface area (Å²) in [6.07, 6.45) is 8.34. The molecule has 0 radical (unpaired) electrons. The summed E-state index contributed by atoms with van der Waals surface area (Å²) in [4.78, 5) is 24.6. The van der Waals surface area contributed by atoms with Crippen LogP contribution in [0.2, 0.25) is 18.1 Å². The van der Waals surface area contributed by atoms with Gasteiger partial charge in [-0.15, -0.1) is 0 Å². The van der Waals surface area contributed by atoms with E-state index in [1.807, 2.05) is 18.2 Å². The van der Waals surface area contributed by atoms with E-state index in [1.54, 1.807) is 12.1 Å². The fourth-order valence-electron chi connectivity index (χ4n) is 5.47. The van der Waals surface area contributed by atoms with Crippen LogP contribution in [0.4, 0.5) is 0 Å². The largest absolute Gasteiger partial charge is 0.469 e. The molecule has 40 heavy (non-hydrogen) atoms. The summed E-state index contributed by atoms with van der Waals surface area (Å²) < 4.78 is 30.3. The molecule has 3 rings (SSSR count). The molecule has 2 fully saturated rings. The highest BCUT2D eigenvalue weighted by Crippen LogP contribution is 2.43. The van der Waals surface area contributed by atoms with Crippen LogP contribution in [0.1, 0.15) is 95.3 Å². The number of ether oxygens (including phenoxy) is 4. The number of esters is 2. The third-order valence-corrected chi connectivity index (χ3v) is 13.5. The maximum atomic E-state index is 13.1. The first kappa shape index (κ1) is 32.8. The molecular weight excluding hydrogens is 524 g/mol. The first-order valence-electron chi connectivity index (χ1n) is 15.3. The van der Waals surface area contributed by atoms with Gasteiger partial charge < -0.3 is 23.4 Å². The SMILES string of the molecule is COC(=O)CCCCCC[C@@H]1[C@@H](CO[Si](C)(C)C(C)(C)C)[C@H](OC2CCCCO2)C[C@@H]1OC(=O)c1ccccc1. The Hall–Kier alpha value is -1.74. The van der Waals surface area contributed by atoms with Crippen molar-refractivity contribution in [2.45, 2.75) is 122 Å². The molecule has 2 aliphatic rings. The van der Waals surface area contributed by atoms with E-state index in [4.69, 9.17) is 23.4 Å². The zero-order valence-electron chi connectivity index (χ0n) is 25.6. The fourth-order valence-corrected chi connectivity index (χ4v) is 6.51. The molecule has 1 heterocycles. The average molecular weight is 577 g/mol. The molecule has 0 aromatic heterocycles. The third-order valence-electron chi connectivity index (χ3n) is 9.04. The molecule has 0 amide bonds. The van der Waals surface area contributed by atoms with E-state index in [0.29, 0.717) is 25.0 Å². The van der Waals surface area contributed by atoms with Gasteiger partial charge in [-0.2, -0.15) is 0 Å². The zero-order chi connectivity index (χ0) is 29.2. The number of unbranched alkanes of at least 4 members (excludes halogenated alkanes) is 3. The second-order valence-corrected chi connectivity index (χ2v) is 17.8. The highest BCUT2D eigenvalue weighted by Gasteiger charge is 2.48. The number of benzene rings is 1. The number of hydrogen-bond acceptors (Lipinski definition) is 7. The minimum absolute atomic E-state index is 0.0919. The lowest BCUT2D eigenvalue weighted by Gasteiger charge is -2.39. The van der Waals surface area contributed by atoms with E-state index < -0.39 is 8.32 Å². The first-order chi connectivity index (χ1) is 19.0. The van der Waals surface area contributed by atoms with Crippen molar-refractivity contribution in [3.05, 3.63) is 35.9 Å². The van der Waals surface area contributed by atoms with Gasteiger partial charge in [0.25, 0.3) is 0 Å². The molecule has 1 aliphatic heterocycles. The molecule has 0 bridgehead atoms. The standard InChI is InChI=1S/C32H52O7Si/c1-32(2,3)40(5,6)37-23-26-25(18-12-7-8-13-19-29(33)35-4)27(39-31(34)24-16-10-9-11-17-24)22-28(26)38-30-20-14-15-21-36-30/h9-11,16-17,25-28,30H,7-8,12-15,18-23H2,1-6H3/t25-,26-,27+,28-,30?/m1/s1. The van der Waals surface area contributed by atoms with Gasteiger partial charge in [-0.1, -0.05) is 58.2 Å². The molecule has 1 saturated carbocycles. The second-order valence-electron chi connectivity index (χ2n) is 12.9. The number of carbonyl (C=O) groups is 2. The highest BCUT2D eigenvalue weighted by atomic mass is 28.4. The van der Waals surface area contributed by atoms with E-state index in [-0.39, 0.29) is 47.3 Å². The van der Waals surface area contributed by atoms with Crippen molar-refractivity contribution < 1.29 is 33.0 Å². The van der Waals surface area contributed by atoms with E-state index in [0.717, 1.165) is 58.0 Å². The minimum Gasteiger partial charge on any atom is -0.469 e. The summed E-state index contributed by atoms with van der Waals surface area (Å²) in [7, 11) is -0.560. The summed E-state index contributed by atoms with van der Waals surface area (Å²) in [5.74, 6) is -0.196. The van der Waals surface area contributed by atoms with Gasteiger partial charge in [0.05, 0.1) is 18.8 Å². The molecule has 1 unspecified atom stereocenters. The molecular formula is C32H52O7Si. The van der Waals surface area contributed by atoms with Crippen molar-refractivity contribution in [2.75, 3.05) is 20.3 Å². The Bertz CT molecular complexity index is 908. The predicted molar refractivity (Wildman–Crippen MR) is 159 cm³/mol. The lowest BCUT2D eigenvalue weighted by atomic mass is 9.89. The van der Waals surface area contributed by atoms with Gasteiger partial charge >= 0.3 is 11.9 Å². The maximum Gasteiger partial charge on any atom is 0.338 e. The molecule has 1 aromatic carbocycles. The van der Waals surface area contributed by atoms with Gasteiger partial charge in [0, 0.05) is 37.9 Å². The molecule has 1 saturated heterocycles. The molecule has 5 atom stereocenters. The van der Waals surface area contributed by atoms with E-state index in [1.165, 1.54) is 7.11 Å². The van der Waals surface area contributed by atoms with Crippen LogP contribution in [0.25, 0.3) is 0 Å². The smallest absolute Gasteiger partial charge is 0.338 e. The molecule has 1 aromatic rings. The summed E-state index contributed by atoms with van der Waals surface area (Å²) in [6.45, 7) is 12.7. The van der Waals surface area contributed by atoms with Gasteiger partial charge in [-0.25, -0.2) is 4.79 Å². The monoisotopic (exact) mass is 576 g/mol. The summed E-state index contributed by atoms with van der Waals surface area (Å²) in [6, 6.07) is 9.22. The molecule has 1 aliphatic carbocycles. The van der Waals surface area contributed by atoms with Crippen molar-refractivity contribution in [3.8, 4) is 0 Å². The van der Waals surface area contributed by atoms with Crippen LogP contribution in [-0.4, -0.2) is 59.1 Å². The molecule has 0 spiro atoms. The lowest BCUT2D eigenvalue weighted by Crippen LogP contribution is -2.44. The molecule has 226 valence electrons. The lowest BCUT2D eigenvalue weighted by molar-refractivity contribution is -0.197. The van der Waals surface area contributed by atoms with Crippen LogP contribution in [0.3, 0.4) is 0 Å². The normalized spacial score (nSPS) is 25.5. The quantitative estimate of drug-likeness (QED) is 0.131. The van der Waals surface area contributed by atoms with Crippen LogP contribution in [-0.2, 0) is 28.2 Å². The van der Waals surface area contributed by atoms with Gasteiger partial charge in [-0.3, -0.25) is 4.79 Å². The fraction of sp³-hybridized carbons (Fsp3) is 0.750. The predicted octanol–water partition coefficient (Wildman–Crippen LogP) is 7.30. The van der Waals surface area contributed by atoms with Crippen molar-refractivity contribution in [3.63, 3.8) is 0 Å². The van der Waals surface area contributed by atoms with Crippen molar-refractivity contribution in [2.24, 2.45) is 11.8 Å². The van der Waals surface area contributed by atoms with Crippen LogP contribution in [0.5, 0.6) is 0 Å². The van der Waals surface area contributed by atoms with Crippen molar-refractivity contribution >= 4 is 20.3 Å². The third kappa shape index (κ3) is 9.67. The molecule has 7 nitrogen and oxygen atoms in total. The van der Waals surface area contributed by atoms with Crippen LogP contribution < -0.4 is 0 Å². The summed E-state index contributed by atoms with van der Waals surface area (Å²) in [5, 5.41) is 0.1000. The zero-order valence-corrected chi connectivity index (χ0v) is 26.6. The van der Waals surface area contributed by atoms with Gasteiger partial charge in [0.1, 0.15) is 6.10 Å². The number of methoxy groups -OCH3 is 1. The Balaban J connectivity index is 1.75. The van der Waals surface area contributed by atoms with Crippen molar-refractivity contribution in [1.82, 2.24) is 0 Å². The van der Waals surface area contributed by atoms with Crippen LogP contribution in [0, 0.1) is 11.8 Å². The number of rotatable bonds is 14. The molecule has 8 heteroatoms. The van der Waals surface area contributed by atoms with Gasteiger partial charge in [0.2, 0.25) is 0 Å². The Morgan fingerprint density at radius 2 is 1.70 bits per heavy atom. The number of carbonyl (C=O) groups excluding carboxylic acids is 2. The second kappa shape index (κ2) is 15.5. The summed E-state index contributed by atoms with van der Waals surface area (Å²) >= 11 is 0. The average Bonchev–Trinajstić information content (AvgIpc) is 3.24. The Kier molecular flexibility index (Phi) is 12.7. The van der Waals surface area contributed by atoms with Crippen LogP contribution in [0.15, 0.2) is 30.3 Å². The van der Waals surface area contributed by atoms with Gasteiger partial charge in [-0.05, 0) is 62.4 Å². The Labute approximate surface area is 242 Å². The van der Waals surface area contributed by atoms with E-state index >= 15 is 0 Å².